The van der Waals surface area contributed by atoms with E-state index >= 15 is 0 Å². The van der Waals surface area contributed by atoms with Crippen LogP contribution in [0.4, 0.5) is 5.69 Å². The van der Waals surface area contributed by atoms with Crippen LogP contribution in [0.25, 0.3) is 0 Å². The molecule has 2 rings (SSSR count). The minimum atomic E-state index is 0.425. The van der Waals surface area contributed by atoms with Gasteiger partial charge in [-0.1, -0.05) is 6.92 Å². The summed E-state index contributed by atoms with van der Waals surface area (Å²) in [5.74, 6) is 2.01. The van der Waals surface area contributed by atoms with Gasteiger partial charge in [0.05, 0.1) is 7.11 Å². The van der Waals surface area contributed by atoms with Crippen molar-refractivity contribution in [3.8, 4) is 5.75 Å². The van der Waals surface area contributed by atoms with Gasteiger partial charge in [-0.3, -0.25) is 4.79 Å². The lowest BCUT2D eigenvalue weighted by atomic mass is 9.88. The highest BCUT2D eigenvalue weighted by molar-refractivity contribution is 5.79. The van der Waals surface area contributed by atoms with Crippen LogP contribution in [-0.2, 0) is 11.2 Å². The Bertz CT molecular complexity index is 432. The summed E-state index contributed by atoms with van der Waals surface area (Å²) in [4.78, 5) is 11.2. The molecule has 0 aliphatic heterocycles. The summed E-state index contributed by atoms with van der Waals surface area (Å²) in [6, 6.07) is 6.24. The maximum Gasteiger partial charge on any atom is 0.132 e. The predicted octanol–water partition coefficient (Wildman–Crippen LogP) is 3.43. The maximum absolute atomic E-state index is 11.2. The molecule has 1 aromatic carbocycles. The molecule has 19 heavy (non-hydrogen) atoms. The number of aryl methyl sites for hydroxylation is 1. The molecule has 0 radical (unpaired) electrons. The fraction of sp³-hybridized carbons (Fsp3) is 0.562. The Morgan fingerprint density at radius 1 is 1.32 bits per heavy atom. The third kappa shape index (κ3) is 3.72. The van der Waals surface area contributed by atoms with Crippen molar-refractivity contribution >= 4 is 11.5 Å². The van der Waals surface area contributed by atoms with Crippen molar-refractivity contribution in [2.75, 3.05) is 19.0 Å². The van der Waals surface area contributed by atoms with Crippen molar-refractivity contribution in [2.24, 2.45) is 5.92 Å². The zero-order valence-electron chi connectivity index (χ0n) is 11.9. The summed E-state index contributed by atoms with van der Waals surface area (Å²) in [6.07, 6.45) is 4.55. The van der Waals surface area contributed by atoms with Gasteiger partial charge in [-0.15, -0.1) is 0 Å². The summed E-state index contributed by atoms with van der Waals surface area (Å²) in [5.41, 5.74) is 2.38. The third-order valence-electron chi connectivity index (χ3n) is 3.92. The van der Waals surface area contributed by atoms with Crippen LogP contribution in [0.2, 0.25) is 0 Å². The fourth-order valence-electron chi connectivity index (χ4n) is 2.63. The Labute approximate surface area is 115 Å². The van der Waals surface area contributed by atoms with E-state index in [0.717, 1.165) is 50.1 Å². The quantitative estimate of drug-likeness (QED) is 0.882. The van der Waals surface area contributed by atoms with Gasteiger partial charge in [-0.05, 0) is 48.9 Å². The normalized spacial score (nSPS) is 16.4. The van der Waals surface area contributed by atoms with Crippen molar-refractivity contribution in [1.29, 1.82) is 0 Å². The summed E-state index contributed by atoms with van der Waals surface area (Å²) < 4.78 is 5.33. The second kappa shape index (κ2) is 6.60. The molecule has 0 amide bonds. The minimum absolute atomic E-state index is 0.425. The van der Waals surface area contributed by atoms with Gasteiger partial charge < -0.3 is 10.1 Å². The highest BCUT2D eigenvalue weighted by atomic mass is 16.5. The molecule has 0 bridgehead atoms. The largest absolute Gasteiger partial charge is 0.496 e. The standard InChI is InChI=1S/C16H23NO2/c1-3-13-10-14(6-9-16(13)19-2)17-11-12-4-7-15(18)8-5-12/h6,9-10,12,17H,3-5,7-8,11H2,1-2H3. The van der Waals surface area contributed by atoms with Crippen LogP contribution in [0.1, 0.15) is 38.2 Å². The first-order chi connectivity index (χ1) is 9.22. The summed E-state index contributed by atoms with van der Waals surface area (Å²) in [5, 5.41) is 3.49. The maximum atomic E-state index is 11.2. The number of carbonyl (C=O) groups is 1. The van der Waals surface area contributed by atoms with Gasteiger partial charge in [0.25, 0.3) is 0 Å². The Hall–Kier alpha value is -1.51. The van der Waals surface area contributed by atoms with Crippen LogP contribution in [0.3, 0.4) is 0 Å². The highest BCUT2D eigenvalue weighted by Gasteiger charge is 2.18. The molecule has 1 N–H and O–H groups in total. The molecule has 1 fully saturated rings. The summed E-state index contributed by atoms with van der Waals surface area (Å²) in [7, 11) is 1.71. The number of rotatable bonds is 5. The number of hydrogen-bond donors (Lipinski definition) is 1. The Morgan fingerprint density at radius 2 is 2.05 bits per heavy atom. The van der Waals surface area contributed by atoms with Crippen molar-refractivity contribution in [3.63, 3.8) is 0 Å². The molecule has 1 aliphatic rings. The van der Waals surface area contributed by atoms with Crippen molar-refractivity contribution in [1.82, 2.24) is 0 Å². The van der Waals surface area contributed by atoms with Crippen LogP contribution in [0.15, 0.2) is 18.2 Å². The molecule has 0 atom stereocenters. The van der Waals surface area contributed by atoms with E-state index in [1.54, 1.807) is 7.11 Å². The molecule has 1 aliphatic carbocycles. The van der Waals surface area contributed by atoms with E-state index in [1.807, 2.05) is 6.07 Å². The molecule has 0 saturated heterocycles. The van der Waals surface area contributed by atoms with Crippen LogP contribution in [0, 0.1) is 5.92 Å². The Balaban J connectivity index is 1.90. The fourth-order valence-corrected chi connectivity index (χ4v) is 2.63. The number of benzene rings is 1. The van der Waals surface area contributed by atoms with Gasteiger partial charge in [0.1, 0.15) is 11.5 Å². The van der Waals surface area contributed by atoms with Crippen LogP contribution in [0.5, 0.6) is 5.75 Å². The van der Waals surface area contributed by atoms with E-state index in [9.17, 15) is 4.79 Å². The SMILES string of the molecule is CCc1cc(NCC2CCC(=O)CC2)ccc1OC. The lowest BCUT2D eigenvalue weighted by molar-refractivity contribution is -0.120. The van der Waals surface area contributed by atoms with Crippen molar-refractivity contribution in [2.45, 2.75) is 39.0 Å². The predicted molar refractivity (Wildman–Crippen MR) is 77.8 cm³/mol. The average molecular weight is 261 g/mol. The van der Waals surface area contributed by atoms with E-state index < -0.39 is 0 Å². The van der Waals surface area contributed by atoms with Gasteiger partial charge >= 0.3 is 0 Å². The lowest BCUT2D eigenvalue weighted by Crippen LogP contribution is -2.21. The molecule has 104 valence electrons. The molecule has 1 saturated carbocycles. The molecule has 0 spiro atoms. The zero-order valence-corrected chi connectivity index (χ0v) is 11.9. The number of Topliss-reactive ketones (excluding diaryl/α,β-unsaturated/α-hetero) is 1. The van der Waals surface area contributed by atoms with Gasteiger partial charge in [-0.2, -0.15) is 0 Å². The van der Waals surface area contributed by atoms with Gasteiger partial charge in [0.15, 0.2) is 0 Å². The number of anilines is 1. The average Bonchev–Trinajstić information content (AvgIpc) is 2.46. The first-order valence-corrected chi connectivity index (χ1v) is 7.15. The van der Waals surface area contributed by atoms with Crippen molar-refractivity contribution in [3.05, 3.63) is 23.8 Å². The molecule has 3 nitrogen and oxygen atoms in total. The monoisotopic (exact) mass is 261 g/mol. The Kier molecular flexibility index (Phi) is 4.83. The molecular formula is C16H23NO2. The van der Waals surface area contributed by atoms with Gasteiger partial charge in [-0.25, -0.2) is 0 Å². The lowest BCUT2D eigenvalue weighted by Gasteiger charge is -2.22. The van der Waals surface area contributed by atoms with E-state index in [-0.39, 0.29) is 0 Å². The smallest absolute Gasteiger partial charge is 0.132 e. The Morgan fingerprint density at radius 3 is 2.68 bits per heavy atom. The zero-order chi connectivity index (χ0) is 13.7. The van der Waals surface area contributed by atoms with Crippen LogP contribution < -0.4 is 10.1 Å². The van der Waals surface area contributed by atoms with Crippen molar-refractivity contribution < 1.29 is 9.53 Å². The van der Waals surface area contributed by atoms with E-state index in [0.29, 0.717) is 11.7 Å². The second-order valence-corrected chi connectivity index (χ2v) is 5.24. The van der Waals surface area contributed by atoms with E-state index in [2.05, 4.69) is 24.4 Å². The number of methoxy groups -OCH3 is 1. The molecule has 0 aromatic heterocycles. The molecular weight excluding hydrogens is 238 g/mol. The topological polar surface area (TPSA) is 38.3 Å². The number of carbonyl (C=O) groups excluding carboxylic acids is 1. The number of hydrogen-bond acceptors (Lipinski definition) is 3. The number of ether oxygens (including phenoxy) is 1. The van der Waals surface area contributed by atoms with E-state index in [1.165, 1.54) is 5.56 Å². The highest BCUT2D eigenvalue weighted by Crippen LogP contribution is 2.25. The number of ketones is 1. The molecule has 3 heteroatoms. The van der Waals surface area contributed by atoms with Crippen LogP contribution >= 0.6 is 0 Å². The first-order valence-electron chi connectivity index (χ1n) is 7.15. The summed E-state index contributed by atoms with van der Waals surface area (Å²) in [6.45, 7) is 3.09. The number of nitrogens with one attached hydrogen (secondary N) is 1. The minimum Gasteiger partial charge on any atom is -0.496 e. The van der Waals surface area contributed by atoms with E-state index in [4.69, 9.17) is 4.74 Å². The molecule has 0 heterocycles. The molecule has 0 unspecified atom stereocenters. The van der Waals surface area contributed by atoms with Gasteiger partial charge in [0.2, 0.25) is 0 Å². The molecule has 1 aromatic rings. The van der Waals surface area contributed by atoms with Crippen LogP contribution in [-0.4, -0.2) is 19.4 Å². The summed E-state index contributed by atoms with van der Waals surface area (Å²) >= 11 is 0. The first kappa shape index (κ1) is 13.9. The van der Waals surface area contributed by atoms with Gasteiger partial charge in [0, 0.05) is 25.1 Å². The second-order valence-electron chi connectivity index (χ2n) is 5.24. The third-order valence-corrected chi connectivity index (χ3v) is 3.92.